The van der Waals surface area contributed by atoms with Crippen molar-refractivity contribution in [1.82, 2.24) is 14.8 Å². The van der Waals surface area contributed by atoms with E-state index in [1.54, 1.807) is 0 Å². The van der Waals surface area contributed by atoms with E-state index in [9.17, 15) is 0 Å². The summed E-state index contributed by atoms with van der Waals surface area (Å²) in [5, 5.41) is 4.47. The molecule has 1 aromatic carbocycles. The lowest BCUT2D eigenvalue weighted by Crippen LogP contribution is -1.99. The van der Waals surface area contributed by atoms with Crippen molar-refractivity contribution in [3.05, 3.63) is 29.6 Å². The Kier molecular flexibility index (Phi) is 2.18. The number of benzene rings is 1. The largest absolute Gasteiger partial charge is 0.398 e. The molecule has 1 aliphatic rings. The van der Waals surface area contributed by atoms with Crippen LogP contribution < -0.4 is 5.73 Å². The number of para-hydroxylation sites is 1. The van der Waals surface area contributed by atoms with E-state index < -0.39 is 0 Å². The van der Waals surface area contributed by atoms with Crippen LogP contribution in [0.5, 0.6) is 0 Å². The van der Waals surface area contributed by atoms with E-state index in [4.69, 9.17) is 5.73 Å². The number of aryl methyl sites for hydroxylation is 2. The highest BCUT2D eigenvalue weighted by Gasteiger charge is 2.29. The molecular formula is C13H16N4. The molecule has 1 heterocycles. The molecule has 1 fully saturated rings. The molecule has 2 aromatic rings. The molecule has 17 heavy (non-hydrogen) atoms. The Morgan fingerprint density at radius 3 is 2.82 bits per heavy atom. The molecule has 0 aliphatic heterocycles. The Bertz CT molecular complexity index is 567. The number of nitrogen functional groups attached to an aromatic ring is 1. The van der Waals surface area contributed by atoms with Gasteiger partial charge in [0.1, 0.15) is 0 Å². The second kappa shape index (κ2) is 3.58. The van der Waals surface area contributed by atoms with Gasteiger partial charge in [0, 0.05) is 24.2 Å². The first kappa shape index (κ1) is 10.3. The van der Waals surface area contributed by atoms with Gasteiger partial charge in [0.15, 0.2) is 11.6 Å². The molecule has 1 aromatic heterocycles. The van der Waals surface area contributed by atoms with E-state index in [-0.39, 0.29) is 0 Å². The van der Waals surface area contributed by atoms with Gasteiger partial charge in [-0.05, 0) is 31.4 Å². The highest BCUT2D eigenvalue weighted by Crippen LogP contribution is 2.39. The summed E-state index contributed by atoms with van der Waals surface area (Å²) < 4.78 is 1.83. The van der Waals surface area contributed by atoms with Crippen molar-refractivity contribution in [3.8, 4) is 11.4 Å². The Hall–Kier alpha value is -1.84. The van der Waals surface area contributed by atoms with E-state index in [0.29, 0.717) is 5.92 Å². The van der Waals surface area contributed by atoms with Crippen LogP contribution in [0.1, 0.15) is 30.1 Å². The normalized spacial score (nSPS) is 15.2. The summed E-state index contributed by atoms with van der Waals surface area (Å²) in [6.45, 7) is 2.01. The van der Waals surface area contributed by atoms with Crippen molar-refractivity contribution in [2.75, 3.05) is 5.73 Å². The first-order valence-electron chi connectivity index (χ1n) is 5.93. The van der Waals surface area contributed by atoms with Crippen LogP contribution in [0, 0.1) is 6.92 Å². The lowest BCUT2D eigenvalue weighted by Gasteiger charge is -2.06. The molecule has 2 N–H and O–H groups in total. The fourth-order valence-corrected chi connectivity index (χ4v) is 2.03. The minimum Gasteiger partial charge on any atom is -0.398 e. The zero-order chi connectivity index (χ0) is 12.0. The third-order valence-electron chi connectivity index (χ3n) is 3.29. The van der Waals surface area contributed by atoms with Crippen molar-refractivity contribution in [1.29, 1.82) is 0 Å². The van der Waals surface area contributed by atoms with E-state index in [2.05, 4.69) is 10.1 Å². The third kappa shape index (κ3) is 1.69. The number of hydrogen-bond donors (Lipinski definition) is 1. The minimum atomic E-state index is 0.570. The van der Waals surface area contributed by atoms with Crippen LogP contribution in [0.3, 0.4) is 0 Å². The second-order valence-electron chi connectivity index (χ2n) is 4.73. The Morgan fingerprint density at radius 2 is 2.12 bits per heavy atom. The van der Waals surface area contributed by atoms with Crippen LogP contribution in [0.25, 0.3) is 11.4 Å². The molecule has 0 amide bonds. The standard InChI is InChI=1S/C13H16N4/c1-8-4-3-5-10(11(8)14)13-15-12(9-6-7-9)16-17(13)2/h3-5,9H,6-7,14H2,1-2H3. The molecule has 1 saturated carbocycles. The van der Waals surface area contributed by atoms with Gasteiger partial charge in [-0.15, -0.1) is 0 Å². The number of hydrogen-bond acceptors (Lipinski definition) is 3. The maximum Gasteiger partial charge on any atom is 0.160 e. The maximum atomic E-state index is 6.10. The van der Waals surface area contributed by atoms with Gasteiger partial charge in [0.05, 0.1) is 0 Å². The predicted octanol–water partition coefficient (Wildman–Crippen LogP) is 2.25. The molecular weight excluding hydrogens is 212 g/mol. The van der Waals surface area contributed by atoms with Gasteiger partial charge in [-0.1, -0.05) is 12.1 Å². The maximum absolute atomic E-state index is 6.10. The topological polar surface area (TPSA) is 56.7 Å². The van der Waals surface area contributed by atoms with Crippen molar-refractivity contribution in [2.45, 2.75) is 25.7 Å². The van der Waals surface area contributed by atoms with Crippen molar-refractivity contribution in [2.24, 2.45) is 7.05 Å². The molecule has 4 heteroatoms. The summed E-state index contributed by atoms with van der Waals surface area (Å²) >= 11 is 0. The van der Waals surface area contributed by atoms with Gasteiger partial charge >= 0.3 is 0 Å². The monoisotopic (exact) mass is 228 g/mol. The quantitative estimate of drug-likeness (QED) is 0.802. The molecule has 0 atom stereocenters. The Labute approximate surface area is 100 Å². The fraction of sp³-hybridized carbons (Fsp3) is 0.385. The van der Waals surface area contributed by atoms with Gasteiger partial charge in [0.25, 0.3) is 0 Å². The predicted molar refractivity (Wildman–Crippen MR) is 67.6 cm³/mol. The van der Waals surface area contributed by atoms with Crippen LogP contribution in [-0.4, -0.2) is 14.8 Å². The summed E-state index contributed by atoms with van der Waals surface area (Å²) in [5.41, 5.74) is 8.96. The zero-order valence-electron chi connectivity index (χ0n) is 10.1. The van der Waals surface area contributed by atoms with Crippen LogP contribution in [0.15, 0.2) is 18.2 Å². The Balaban J connectivity index is 2.11. The summed E-state index contributed by atoms with van der Waals surface area (Å²) in [6, 6.07) is 6.02. The third-order valence-corrected chi connectivity index (χ3v) is 3.29. The molecule has 0 unspecified atom stereocenters. The number of nitrogens with two attached hydrogens (primary N) is 1. The van der Waals surface area contributed by atoms with E-state index in [1.165, 1.54) is 12.8 Å². The summed E-state index contributed by atoms with van der Waals surface area (Å²) in [7, 11) is 1.93. The van der Waals surface area contributed by atoms with Crippen LogP contribution in [-0.2, 0) is 7.05 Å². The highest BCUT2D eigenvalue weighted by molar-refractivity contribution is 5.74. The lowest BCUT2D eigenvalue weighted by atomic mass is 10.1. The summed E-state index contributed by atoms with van der Waals surface area (Å²) in [4.78, 5) is 4.62. The first-order chi connectivity index (χ1) is 8.16. The molecule has 0 bridgehead atoms. The minimum absolute atomic E-state index is 0.570. The van der Waals surface area contributed by atoms with Gasteiger partial charge in [-0.2, -0.15) is 5.10 Å². The van der Waals surface area contributed by atoms with Crippen molar-refractivity contribution in [3.63, 3.8) is 0 Å². The average molecular weight is 228 g/mol. The molecule has 3 rings (SSSR count). The van der Waals surface area contributed by atoms with E-state index in [1.807, 2.05) is 36.9 Å². The number of aromatic nitrogens is 3. The van der Waals surface area contributed by atoms with Crippen LogP contribution in [0.4, 0.5) is 5.69 Å². The molecule has 88 valence electrons. The number of anilines is 1. The van der Waals surface area contributed by atoms with Crippen molar-refractivity contribution < 1.29 is 0 Å². The summed E-state index contributed by atoms with van der Waals surface area (Å²) in [5.74, 6) is 2.40. The molecule has 0 saturated heterocycles. The van der Waals surface area contributed by atoms with Gasteiger partial charge in [-0.3, -0.25) is 0 Å². The molecule has 1 aliphatic carbocycles. The average Bonchev–Trinajstić information content (AvgIpc) is 3.07. The highest BCUT2D eigenvalue weighted by atomic mass is 15.3. The molecule has 0 radical (unpaired) electrons. The lowest BCUT2D eigenvalue weighted by molar-refractivity contribution is 0.750. The fourth-order valence-electron chi connectivity index (χ4n) is 2.03. The first-order valence-corrected chi connectivity index (χ1v) is 5.93. The summed E-state index contributed by atoms with van der Waals surface area (Å²) in [6.07, 6.45) is 2.43. The van der Waals surface area contributed by atoms with Gasteiger partial charge < -0.3 is 5.73 Å². The van der Waals surface area contributed by atoms with Crippen LogP contribution >= 0.6 is 0 Å². The van der Waals surface area contributed by atoms with Crippen LogP contribution in [0.2, 0.25) is 0 Å². The Morgan fingerprint density at radius 1 is 1.35 bits per heavy atom. The van der Waals surface area contributed by atoms with E-state index in [0.717, 1.165) is 28.5 Å². The molecule has 4 nitrogen and oxygen atoms in total. The SMILES string of the molecule is Cc1cccc(-c2nc(C3CC3)nn2C)c1N. The van der Waals surface area contributed by atoms with E-state index >= 15 is 0 Å². The second-order valence-corrected chi connectivity index (χ2v) is 4.73. The van der Waals surface area contributed by atoms with Crippen molar-refractivity contribution >= 4 is 5.69 Å². The molecule has 0 spiro atoms. The van der Waals surface area contributed by atoms with Gasteiger partial charge in [0.2, 0.25) is 0 Å². The number of nitrogens with zero attached hydrogens (tertiary/aromatic N) is 3. The number of rotatable bonds is 2. The zero-order valence-corrected chi connectivity index (χ0v) is 10.1. The smallest absolute Gasteiger partial charge is 0.160 e. The van der Waals surface area contributed by atoms with Gasteiger partial charge in [-0.25, -0.2) is 9.67 Å².